The molecule has 0 bridgehead atoms. The molecule has 5 heteroatoms. The number of aliphatic hydroxyl groups is 1. The highest BCUT2D eigenvalue weighted by Gasteiger charge is 2.16. The van der Waals surface area contributed by atoms with Crippen LogP contribution in [0.5, 0.6) is 0 Å². The van der Waals surface area contributed by atoms with Gasteiger partial charge in [0.05, 0.1) is 19.3 Å². The summed E-state index contributed by atoms with van der Waals surface area (Å²) in [5.41, 5.74) is 1.24. The maximum absolute atomic E-state index is 10.2. The first kappa shape index (κ1) is 15.9. The van der Waals surface area contributed by atoms with Gasteiger partial charge < -0.3 is 9.84 Å². The molecule has 0 radical (unpaired) electrons. The molecule has 1 aromatic carbocycles. The third-order valence-corrected chi connectivity index (χ3v) is 4.27. The van der Waals surface area contributed by atoms with Crippen molar-refractivity contribution in [2.45, 2.75) is 12.6 Å². The van der Waals surface area contributed by atoms with Crippen LogP contribution in [0.2, 0.25) is 0 Å². The Kier molecular flexibility index (Phi) is 6.45. The van der Waals surface area contributed by atoms with Crippen molar-refractivity contribution < 1.29 is 9.84 Å². The Labute approximate surface area is 129 Å². The Morgan fingerprint density at radius 3 is 2.75 bits per heavy atom. The first-order chi connectivity index (χ1) is 9.65. The number of likely N-dealkylation sites (N-methyl/N-ethyl adjacent to an activating group) is 1. The number of ether oxygens (including phenoxy) is 1. The number of rotatable bonds is 6. The van der Waals surface area contributed by atoms with Gasteiger partial charge in [0.15, 0.2) is 0 Å². The van der Waals surface area contributed by atoms with Gasteiger partial charge in [-0.1, -0.05) is 34.1 Å². The van der Waals surface area contributed by atoms with Crippen LogP contribution in [0.15, 0.2) is 28.7 Å². The summed E-state index contributed by atoms with van der Waals surface area (Å²) in [5.74, 6) is 0. The summed E-state index contributed by atoms with van der Waals surface area (Å²) in [6.07, 6.45) is -0.319. The molecule has 1 fully saturated rings. The van der Waals surface area contributed by atoms with E-state index >= 15 is 0 Å². The van der Waals surface area contributed by atoms with E-state index in [0.717, 1.165) is 43.9 Å². The minimum absolute atomic E-state index is 0.319. The molecule has 112 valence electrons. The molecule has 1 N–H and O–H groups in total. The van der Waals surface area contributed by atoms with Crippen molar-refractivity contribution >= 4 is 15.9 Å². The largest absolute Gasteiger partial charge is 0.390 e. The first-order valence-electron chi connectivity index (χ1n) is 7.05. The molecule has 1 aliphatic rings. The summed E-state index contributed by atoms with van der Waals surface area (Å²) in [6.45, 7) is 5.64. The van der Waals surface area contributed by atoms with Gasteiger partial charge in [0.2, 0.25) is 0 Å². The SMILES string of the molecule is CN(Cc1ccccc1Br)CC(O)CN1CCOCC1. The van der Waals surface area contributed by atoms with Crippen molar-refractivity contribution in [3.8, 4) is 0 Å². The topological polar surface area (TPSA) is 35.9 Å². The lowest BCUT2D eigenvalue weighted by Crippen LogP contribution is -2.43. The van der Waals surface area contributed by atoms with Crippen molar-refractivity contribution in [2.24, 2.45) is 0 Å². The number of halogens is 1. The molecule has 4 nitrogen and oxygen atoms in total. The molecular weight excluding hydrogens is 320 g/mol. The van der Waals surface area contributed by atoms with Crippen LogP contribution in [-0.4, -0.2) is 67.5 Å². The van der Waals surface area contributed by atoms with Gasteiger partial charge in [-0.05, 0) is 18.7 Å². The van der Waals surface area contributed by atoms with E-state index in [-0.39, 0.29) is 6.10 Å². The van der Waals surface area contributed by atoms with Crippen molar-refractivity contribution in [1.29, 1.82) is 0 Å². The third kappa shape index (κ3) is 5.14. The smallest absolute Gasteiger partial charge is 0.0793 e. The zero-order valence-electron chi connectivity index (χ0n) is 12.0. The van der Waals surface area contributed by atoms with E-state index in [1.54, 1.807) is 0 Å². The van der Waals surface area contributed by atoms with Gasteiger partial charge in [-0.2, -0.15) is 0 Å². The fourth-order valence-corrected chi connectivity index (χ4v) is 2.89. The lowest BCUT2D eigenvalue weighted by atomic mass is 10.2. The molecule has 0 amide bonds. The average Bonchev–Trinajstić information content (AvgIpc) is 2.42. The summed E-state index contributed by atoms with van der Waals surface area (Å²) < 4.78 is 6.44. The molecule has 1 saturated heterocycles. The van der Waals surface area contributed by atoms with Crippen molar-refractivity contribution in [3.05, 3.63) is 34.3 Å². The van der Waals surface area contributed by atoms with Gasteiger partial charge in [-0.25, -0.2) is 0 Å². The number of morpholine rings is 1. The van der Waals surface area contributed by atoms with Gasteiger partial charge in [-0.3, -0.25) is 9.80 Å². The summed E-state index contributed by atoms with van der Waals surface area (Å²) >= 11 is 3.56. The highest BCUT2D eigenvalue weighted by molar-refractivity contribution is 9.10. The predicted octanol–water partition coefficient (Wildman–Crippen LogP) is 1.57. The van der Waals surface area contributed by atoms with Gasteiger partial charge in [0, 0.05) is 37.2 Å². The van der Waals surface area contributed by atoms with Gasteiger partial charge >= 0.3 is 0 Å². The highest BCUT2D eigenvalue weighted by Crippen LogP contribution is 2.17. The second kappa shape index (κ2) is 8.10. The lowest BCUT2D eigenvalue weighted by molar-refractivity contribution is 0.00824. The van der Waals surface area contributed by atoms with E-state index in [4.69, 9.17) is 4.74 Å². The molecule has 0 saturated carbocycles. The fourth-order valence-electron chi connectivity index (χ4n) is 2.48. The van der Waals surface area contributed by atoms with Crippen LogP contribution < -0.4 is 0 Å². The average molecular weight is 343 g/mol. The minimum Gasteiger partial charge on any atom is -0.390 e. The second-order valence-electron chi connectivity index (χ2n) is 5.35. The molecule has 2 rings (SSSR count). The molecule has 0 aliphatic carbocycles. The second-order valence-corrected chi connectivity index (χ2v) is 6.21. The summed E-state index contributed by atoms with van der Waals surface area (Å²) in [6, 6.07) is 8.21. The van der Waals surface area contributed by atoms with E-state index in [1.165, 1.54) is 5.56 Å². The van der Waals surface area contributed by atoms with Crippen LogP contribution in [0, 0.1) is 0 Å². The Morgan fingerprint density at radius 1 is 1.35 bits per heavy atom. The van der Waals surface area contributed by atoms with E-state index < -0.39 is 0 Å². The van der Waals surface area contributed by atoms with Crippen molar-refractivity contribution in [3.63, 3.8) is 0 Å². The van der Waals surface area contributed by atoms with E-state index in [9.17, 15) is 5.11 Å². The number of nitrogens with zero attached hydrogens (tertiary/aromatic N) is 2. The minimum atomic E-state index is -0.319. The molecule has 1 unspecified atom stereocenters. The first-order valence-corrected chi connectivity index (χ1v) is 7.84. The van der Waals surface area contributed by atoms with Crippen LogP contribution >= 0.6 is 15.9 Å². The number of benzene rings is 1. The predicted molar refractivity (Wildman–Crippen MR) is 83.7 cm³/mol. The van der Waals surface area contributed by atoms with Crippen molar-refractivity contribution in [1.82, 2.24) is 9.80 Å². The lowest BCUT2D eigenvalue weighted by Gasteiger charge is -2.30. The van der Waals surface area contributed by atoms with Gasteiger partial charge in [0.25, 0.3) is 0 Å². The third-order valence-electron chi connectivity index (χ3n) is 3.49. The van der Waals surface area contributed by atoms with E-state index in [0.29, 0.717) is 6.54 Å². The van der Waals surface area contributed by atoms with Crippen LogP contribution in [0.1, 0.15) is 5.56 Å². The fraction of sp³-hybridized carbons (Fsp3) is 0.600. The van der Waals surface area contributed by atoms with Crippen LogP contribution in [-0.2, 0) is 11.3 Å². The molecule has 1 atom stereocenters. The molecule has 1 aliphatic heterocycles. The molecule has 1 heterocycles. The molecule has 0 spiro atoms. The van der Waals surface area contributed by atoms with Crippen LogP contribution in [0.25, 0.3) is 0 Å². The number of hydrogen-bond acceptors (Lipinski definition) is 4. The Morgan fingerprint density at radius 2 is 2.05 bits per heavy atom. The number of aliphatic hydroxyl groups excluding tert-OH is 1. The van der Waals surface area contributed by atoms with E-state index in [2.05, 4.69) is 31.8 Å². The van der Waals surface area contributed by atoms with Gasteiger partial charge in [0.1, 0.15) is 0 Å². The van der Waals surface area contributed by atoms with Crippen molar-refractivity contribution in [2.75, 3.05) is 46.4 Å². The summed E-state index contributed by atoms with van der Waals surface area (Å²) in [7, 11) is 2.04. The molecule has 1 aromatic rings. The summed E-state index contributed by atoms with van der Waals surface area (Å²) in [4.78, 5) is 4.42. The molecule has 20 heavy (non-hydrogen) atoms. The highest BCUT2D eigenvalue weighted by atomic mass is 79.9. The number of β-amino-alcohol motifs (C(OH)–C–C–N with tert-alkyl or cyclic N) is 1. The summed E-state index contributed by atoms with van der Waals surface area (Å²) in [5, 5.41) is 10.2. The zero-order chi connectivity index (χ0) is 14.4. The Bertz CT molecular complexity index is 411. The number of hydrogen-bond donors (Lipinski definition) is 1. The monoisotopic (exact) mass is 342 g/mol. The zero-order valence-corrected chi connectivity index (χ0v) is 13.6. The maximum atomic E-state index is 10.2. The molecular formula is C15H23BrN2O2. The Balaban J connectivity index is 1.75. The standard InChI is InChI=1S/C15H23BrN2O2/c1-17(10-13-4-2-3-5-15(13)16)11-14(19)12-18-6-8-20-9-7-18/h2-5,14,19H,6-12H2,1H3. The Hall–Kier alpha value is -0.460. The van der Waals surface area contributed by atoms with Gasteiger partial charge in [-0.15, -0.1) is 0 Å². The van der Waals surface area contributed by atoms with Crippen LogP contribution in [0.4, 0.5) is 0 Å². The van der Waals surface area contributed by atoms with E-state index in [1.807, 2.05) is 25.2 Å². The van der Waals surface area contributed by atoms with Crippen LogP contribution in [0.3, 0.4) is 0 Å². The normalized spacial score (nSPS) is 18.4. The maximum Gasteiger partial charge on any atom is 0.0793 e. The molecule has 0 aromatic heterocycles. The quantitative estimate of drug-likeness (QED) is 0.851.